The summed E-state index contributed by atoms with van der Waals surface area (Å²) < 4.78 is 21.1. The van der Waals surface area contributed by atoms with E-state index in [9.17, 15) is 19.5 Å². The summed E-state index contributed by atoms with van der Waals surface area (Å²) in [5.74, 6) is -1.23. The number of benzene rings is 2. The highest BCUT2D eigenvalue weighted by Crippen LogP contribution is 2.37. The van der Waals surface area contributed by atoms with Crippen molar-refractivity contribution in [2.45, 2.75) is 50.6 Å². The van der Waals surface area contributed by atoms with Crippen LogP contribution >= 0.6 is 11.8 Å². The lowest BCUT2D eigenvalue weighted by molar-refractivity contribution is -0.0645. The minimum Gasteiger partial charge on any atom is -0.461 e. The van der Waals surface area contributed by atoms with E-state index >= 15 is 0 Å². The van der Waals surface area contributed by atoms with Gasteiger partial charge in [-0.1, -0.05) is 60.2 Å². The van der Waals surface area contributed by atoms with Crippen LogP contribution in [0.15, 0.2) is 73.3 Å². The number of aryl methyl sites for hydroxylation is 2. The number of aliphatic hydroxyl groups excluding tert-OH is 1. The summed E-state index contributed by atoms with van der Waals surface area (Å²) in [7, 11) is 0. The molecule has 204 valence electrons. The van der Waals surface area contributed by atoms with Gasteiger partial charge in [0.2, 0.25) is 0 Å². The van der Waals surface area contributed by atoms with Gasteiger partial charge >= 0.3 is 18.1 Å². The van der Waals surface area contributed by atoms with Crippen molar-refractivity contribution in [3.8, 4) is 0 Å². The largest absolute Gasteiger partial charge is 0.509 e. The Kier molecular flexibility index (Phi) is 12.6. The second kappa shape index (κ2) is 15.6. The number of ether oxygens (including phenoxy) is 4. The number of carbonyl (C=O) groups excluding carboxylic acids is 3. The molecule has 1 aliphatic heterocycles. The number of hydrogen-bond acceptors (Lipinski definition) is 9. The van der Waals surface area contributed by atoms with Crippen LogP contribution in [0.4, 0.5) is 4.79 Å². The molecule has 0 spiro atoms. The van der Waals surface area contributed by atoms with Crippen LogP contribution in [0.2, 0.25) is 0 Å². The first-order chi connectivity index (χ1) is 18.2. The van der Waals surface area contributed by atoms with E-state index in [1.807, 2.05) is 39.8 Å². The van der Waals surface area contributed by atoms with Crippen LogP contribution in [0.25, 0.3) is 0 Å². The van der Waals surface area contributed by atoms with E-state index in [-0.39, 0.29) is 13.2 Å². The monoisotopic (exact) mass is 542 g/mol. The Labute approximate surface area is 227 Å². The molecule has 1 N–H and O–H groups in total. The van der Waals surface area contributed by atoms with Gasteiger partial charge in [0, 0.05) is 0 Å². The van der Waals surface area contributed by atoms with Gasteiger partial charge in [0.1, 0.15) is 18.6 Å². The van der Waals surface area contributed by atoms with Gasteiger partial charge in [-0.3, -0.25) is 0 Å². The smallest absolute Gasteiger partial charge is 0.461 e. The molecule has 4 unspecified atom stereocenters. The third-order valence-corrected chi connectivity index (χ3v) is 6.67. The highest BCUT2D eigenvalue weighted by Gasteiger charge is 2.49. The van der Waals surface area contributed by atoms with Crippen LogP contribution in [0, 0.1) is 13.8 Å². The van der Waals surface area contributed by atoms with Crippen molar-refractivity contribution in [2.75, 3.05) is 13.2 Å². The summed E-state index contributed by atoms with van der Waals surface area (Å²) in [6.07, 6.45) is 2.01. The molecule has 1 heterocycles. The second-order valence-electron chi connectivity index (χ2n) is 8.36. The Morgan fingerprint density at radius 1 is 0.842 bits per heavy atom. The molecule has 2 aromatic carbocycles. The summed E-state index contributed by atoms with van der Waals surface area (Å²) in [5, 5.41) is 9.83. The number of rotatable bonds is 8. The molecule has 0 radical (unpaired) electrons. The van der Waals surface area contributed by atoms with Crippen molar-refractivity contribution in [1.29, 1.82) is 0 Å². The third kappa shape index (κ3) is 9.39. The van der Waals surface area contributed by atoms with Gasteiger partial charge in [-0.2, -0.15) is 0 Å². The molecule has 0 saturated carbocycles. The highest BCUT2D eigenvalue weighted by molar-refractivity contribution is 8.00. The van der Waals surface area contributed by atoms with E-state index < -0.39 is 41.0 Å². The number of esters is 2. The highest BCUT2D eigenvalue weighted by atomic mass is 32.2. The van der Waals surface area contributed by atoms with Crippen molar-refractivity contribution < 1.29 is 38.4 Å². The van der Waals surface area contributed by atoms with E-state index in [2.05, 4.69) is 6.58 Å². The zero-order valence-electron chi connectivity index (χ0n) is 22.0. The van der Waals surface area contributed by atoms with Gasteiger partial charge in [0.05, 0.1) is 16.4 Å². The average molecular weight is 543 g/mol. The summed E-state index contributed by atoms with van der Waals surface area (Å²) in [6.45, 7) is 11.0. The van der Waals surface area contributed by atoms with Gasteiger partial charge in [-0.15, -0.1) is 11.8 Å². The normalized spacial score (nSPS) is 20.1. The number of carbonyl (C=O) groups is 3. The standard InChI is InChI=1S/C25H26O8S.C4H8/c1-4-13-30-25(29)33-21-20(32-23(27)18-11-7-16(3)8-12-18)19(34-24(21)28)14-31-22(26)17-9-5-15(2)6-10-17;1-3-4-2/h4-12,19-21,24,28H,1,13-14H2,2-3H3;3-4H,1-2H3/b;4-3-. The molecule has 1 saturated heterocycles. The lowest BCUT2D eigenvalue weighted by Gasteiger charge is -2.24. The van der Waals surface area contributed by atoms with Gasteiger partial charge in [0.15, 0.2) is 12.2 Å². The predicted octanol–water partition coefficient (Wildman–Crippen LogP) is 5.41. The minimum atomic E-state index is -1.23. The Hall–Kier alpha value is -3.56. The van der Waals surface area contributed by atoms with Crippen molar-refractivity contribution in [3.63, 3.8) is 0 Å². The first-order valence-electron chi connectivity index (χ1n) is 12.1. The maximum atomic E-state index is 12.8. The molecule has 8 nitrogen and oxygen atoms in total. The number of thioether (sulfide) groups is 1. The Morgan fingerprint density at radius 2 is 1.37 bits per heavy atom. The first kappa shape index (κ1) is 30.7. The molecule has 0 bridgehead atoms. The van der Waals surface area contributed by atoms with E-state index in [1.165, 1.54) is 6.08 Å². The third-order valence-electron chi connectivity index (χ3n) is 5.37. The van der Waals surface area contributed by atoms with Crippen molar-refractivity contribution >= 4 is 29.9 Å². The Morgan fingerprint density at radius 3 is 1.87 bits per heavy atom. The van der Waals surface area contributed by atoms with E-state index in [0.717, 1.165) is 22.9 Å². The topological polar surface area (TPSA) is 108 Å². The number of aliphatic hydroxyl groups is 1. The molecule has 2 aromatic rings. The molecular formula is C29H34O8S. The van der Waals surface area contributed by atoms with E-state index in [4.69, 9.17) is 18.9 Å². The number of allylic oxidation sites excluding steroid dienone is 2. The summed E-state index contributed by atoms with van der Waals surface area (Å²) in [5.41, 5.74) is 1.39. The lowest BCUT2D eigenvalue weighted by Crippen LogP contribution is -2.42. The van der Waals surface area contributed by atoms with Gasteiger partial charge in [-0.05, 0) is 52.0 Å². The Balaban J connectivity index is 0.00000118. The summed E-state index contributed by atoms with van der Waals surface area (Å²) in [6, 6.07) is 13.6. The van der Waals surface area contributed by atoms with Crippen molar-refractivity contribution in [2.24, 2.45) is 0 Å². The minimum absolute atomic E-state index is 0.0831. The van der Waals surface area contributed by atoms with Gasteiger partial charge < -0.3 is 24.1 Å². The Bertz CT molecular complexity index is 1090. The van der Waals surface area contributed by atoms with E-state index in [0.29, 0.717) is 11.1 Å². The SMILES string of the molecule is C/C=C\C.C=CCOC(=O)OC1C(O)SC(COC(=O)c2ccc(C)cc2)C1OC(=O)c1ccc(C)cc1. The maximum Gasteiger partial charge on any atom is 0.509 e. The maximum absolute atomic E-state index is 12.8. The quantitative estimate of drug-likeness (QED) is 0.266. The summed E-state index contributed by atoms with van der Waals surface area (Å²) >= 11 is 0.975. The van der Waals surface area contributed by atoms with E-state index in [1.54, 1.807) is 48.5 Å². The summed E-state index contributed by atoms with van der Waals surface area (Å²) in [4.78, 5) is 37.2. The zero-order valence-corrected chi connectivity index (χ0v) is 22.8. The average Bonchev–Trinajstić information content (AvgIpc) is 3.20. The van der Waals surface area contributed by atoms with Crippen LogP contribution in [-0.2, 0) is 18.9 Å². The van der Waals surface area contributed by atoms with Gasteiger partial charge in [0.25, 0.3) is 0 Å². The molecule has 0 aromatic heterocycles. The van der Waals surface area contributed by atoms with Crippen LogP contribution in [-0.4, -0.2) is 59.3 Å². The molecule has 38 heavy (non-hydrogen) atoms. The van der Waals surface area contributed by atoms with Gasteiger partial charge in [-0.25, -0.2) is 14.4 Å². The van der Waals surface area contributed by atoms with Crippen molar-refractivity contribution in [1.82, 2.24) is 0 Å². The van der Waals surface area contributed by atoms with Crippen LogP contribution in [0.3, 0.4) is 0 Å². The molecular weight excluding hydrogens is 508 g/mol. The van der Waals surface area contributed by atoms with Crippen LogP contribution in [0.5, 0.6) is 0 Å². The molecule has 9 heteroatoms. The fourth-order valence-corrected chi connectivity index (χ4v) is 4.43. The molecule has 0 amide bonds. The predicted molar refractivity (Wildman–Crippen MR) is 146 cm³/mol. The second-order valence-corrected chi connectivity index (χ2v) is 9.72. The molecule has 3 rings (SSSR count). The first-order valence-corrected chi connectivity index (χ1v) is 13.0. The molecule has 1 aliphatic rings. The molecule has 4 atom stereocenters. The fourth-order valence-electron chi connectivity index (χ4n) is 3.19. The zero-order chi connectivity index (χ0) is 28.1. The molecule has 0 aliphatic carbocycles. The lowest BCUT2D eigenvalue weighted by atomic mass is 10.1. The fraction of sp³-hybridized carbons (Fsp3) is 0.345. The van der Waals surface area contributed by atoms with Crippen LogP contribution < -0.4 is 0 Å². The molecule has 1 fully saturated rings. The number of hydrogen-bond donors (Lipinski definition) is 1. The van der Waals surface area contributed by atoms with Crippen molar-refractivity contribution in [3.05, 3.63) is 95.6 Å². The van der Waals surface area contributed by atoms with Crippen LogP contribution in [0.1, 0.15) is 45.7 Å².